The molecule has 0 radical (unpaired) electrons. The lowest BCUT2D eigenvalue weighted by atomic mass is 10.2. The summed E-state index contributed by atoms with van der Waals surface area (Å²) in [7, 11) is 0. The highest BCUT2D eigenvalue weighted by Gasteiger charge is 2.19. The summed E-state index contributed by atoms with van der Waals surface area (Å²) in [5.41, 5.74) is 11.0. The largest absolute Gasteiger partial charge is 0.325 e. The molecule has 0 aromatic carbocycles. The van der Waals surface area contributed by atoms with Crippen LogP contribution in [0.2, 0.25) is 0 Å². The van der Waals surface area contributed by atoms with Crippen molar-refractivity contribution >= 4 is 25.3 Å². The minimum atomic E-state index is -0.595. The molecule has 0 bridgehead atoms. The number of hydrogen-bond acceptors (Lipinski definition) is 4. The summed E-state index contributed by atoms with van der Waals surface area (Å²) in [6, 6.07) is -0.144. The molecule has 0 rings (SSSR count). The van der Waals surface area contributed by atoms with E-state index in [1.165, 1.54) is 0 Å². The van der Waals surface area contributed by atoms with Crippen LogP contribution in [0.5, 0.6) is 0 Å². The lowest BCUT2D eigenvalue weighted by Gasteiger charge is -2.23. The first-order chi connectivity index (χ1) is 3.48. The Morgan fingerprint density at radius 1 is 1.75 bits per heavy atom. The molecule has 2 nitrogen and oxygen atoms in total. The maximum atomic E-state index is 5.48. The Balaban J connectivity index is 3.62. The van der Waals surface area contributed by atoms with Crippen molar-refractivity contribution in [2.75, 3.05) is 5.75 Å². The molecule has 0 saturated carbocycles. The fraction of sp³-hybridized carbons (Fsp3) is 1.00. The van der Waals surface area contributed by atoms with Crippen LogP contribution in [0.4, 0.5) is 0 Å². The predicted octanol–water partition coefficient (Wildman–Crippen LogP) is -0.152. The molecule has 0 spiro atoms. The van der Waals surface area contributed by atoms with Crippen molar-refractivity contribution < 1.29 is 0 Å². The monoisotopic (exact) mass is 152 g/mol. The Labute approximate surface area is 60.8 Å². The smallest absolute Gasteiger partial charge is 0.0723 e. The summed E-state index contributed by atoms with van der Waals surface area (Å²) >= 11 is 7.99. The maximum Gasteiger partial charge on any atom is 0.0723 e. The van der Waals surface area contributed by atoms with Crippen molar-refractivity contribution in [1.29, 1.82) is 0 Å². The summed E-state index contributed by atoms with van der Waals surface area (Å²) in [6.07, 6.45) is 0. The van der Waals surface area contributed by atoms with Crippen molar-refractivity contribution in [3.05, 3.63) is 0 Å². The van der Waals surface area contributed by atoms with Gasteiger partial charge in [-0.3, -0.25) is 0 Å². The Bertz CT molecular complexity index is 68.9. The molecule has 0 saturated heterocycles. The molecule has 0 aliphatic rings. The van der Waals surface area contributed by atoms with E-state index in [1.54, 1.807) is 6.92 Å². The number of rotatable bonds is 2. The molecule has 4 N–H and O–H groups in total. The molecule has 0 fully saturated rings. The Morgan fingerprint density at radius 2 is 2.12 bits per heavy atom. The van der Waals surface area contributed by atoms with Crippen LogP contribution in [0.15, 0.2) is 0 Å². The van der Waals surface area contributed by atoms with Gasteiger partial charge in [0.05, 0.1) is 4.87 Å². The van der Waals surface area contributed by atoms with E-state index >= 15 is 0 Å². The molecule has 0 amide bonds. The van der Waals surface area contributed by atoms with Gasteiger partial charge < -0.3 is 11.5 Å². The van der Waals surface area contributed by atoms with Crippen molar-refractivity contribution in [3.63, 3.8) is 0 Å². The van der Waals surface area contributed by atoms with Crippen LogP contribution >= 0.6 is 25.3 Å². The van der Waals surface area contributed by atoms with Crippen LogP contribution < -0.4 is 11.5 Å². The third kappa shape index (κ3) is 2.81. The summed E-state index contributed by atoms with van der Waals surface area (Å²) in [5.74, 6) is 0.566. The molecule has 2 atom stereocenters. The first-order valence-corrected chi connectivity index (χ1v) is 3.44. The van der Waals surface area contributed by atoms with Gasteiger partial charge in [0.2, 0.25) is 0 Å². The van der Waals surface area contributed by atoms with Gasteiger partial charge in [-0.2, -0.15) is 25.3 Å². The first kappa shape index (κ1) is 8.62. The number of hydrogen-bond donors (Lipinski definition) is 4. The minimum Gasteiger partial charge on any atom is -0.325 e. The van der Waals surface area contributed by atoms with Crippen LogP contribution in [-0.2, 0) is 0 Å². The predicted molar refractivity (Wildman–Crippen MR) is 43.4 cm³/mol. The zero-order valence-electron chi connectivity index (χ0n) is 4.83. The van der Waals surface area contributed by atoms with Gasteiger partial charge in [0.15, 0.2) is 0 Å². The molecular formula is C4H12N2S2. The molecule has 0 aromatic rings. The number of nitrogens with two attached hydrogens (primary N) is 2. The lowest BCUT2D eigenvalue weighted by Crippen LogP contribution is -2.49. The van der Waals surface area contributed by atoms with Crippen LogP contribution in [0.3, 0.4) is 0 Å². The molecule has 8 heavy (non-hydrogen) atoms. The van der Waals surface area contributed by atoms with Crippen LogP contribution in [0.1, 0.15) is 6.92 Å². The van der Waals surface area contributed by atoms with Crippen molar-refractivity contribution in [3.8, 4) is 0 Å². The van der Waals surface area contributed by atoms with Gasteiger partial charge in [0, 0.05) is 11.8 Å². The molecule has 0 heterocycles. The second-order valence-corrected chi connectivity index (χ2v) is 3.34. The van der Waals surface area contributed by atoms with E-state index in [0.29, 0.717) is 5.75 Å². The second kappa shape index (κ2) is 2.96. The standard InChI is InChI=1S/C4H12N2S2/c1-4(6,8)3(5)2-7/h3,7-8H,2,5-6H2,1H3. The zero-order chi connectivity index (χ0) is 6.78. The van der Waals surface area contributed by atoms with Gasteiger partial charge >= 0.3 is 0 Å². The van der Waals surface area contributed by atoms with Gasteiger partial charge in [0.25, 0.3) is 0 Å². The quantitative estimate of drug-likeness (QED) is 0.328. The fourth-order valence-electron chi connectivity index (χ4n) is 0.185. The van der Waals surface area contributed by atoms with E-state index < -0.39 is 4.87 Å². The summed E-state index contributed by atoms with van der Waals surface area (Å²) in [4.78, 5) is -0.595. The highest BCUT2D eigenvalue weighted by Crippen LogP contribution is 2.08. The van der Waals surface area contributed by atoms with Gasteiger partial charge in [-0.15, -0.1) is 0 Å². The third-order valence-corrected chi connectivity index (χ3v) is 1.67. The highest BCUT2D eigenvalue weighted by molar-refractivity contribution is 7.82. The minimum absolute atomic E-state index is 0.144. The van der Waals surface area contributed by atoms with Crippen molar-refractivity contribution in [1.82, 2.24) is 0 Å². The molecule has 0 aliphatic carbocycles. The van der Waals surface area contributed by atoms with E-state index in [0.717, 1.165) is 0 Å². The normalized spacial score (nSPS) is 22.1. The Kier molecular flexibility index (Phi) is 3.19. The molecular weight excluding hydrogens is 140 g/mol. The number of thiol groups is 2. The molecule has 0 aliphatic heterocycles. The molecule has 0 aromatic heterocycles. The van der Waals surface area contributed by atoms with Crippen molar-refractivity contribution in [2.24, 2.45) is 11.5 Å². The van der Waals surface area contributed by atoms with Gasteiger partial charge in [-0.25, -0.2) is 0 Å². The first-order valence-electron chi connectivity index (χ1n) is 2.36. The third-order valence-electron chi connectivity index (χ3n) is 0.947. The lowest BCUT2D eigenvalue weighted by molar-refractivity contribution is 0.566. The van der Waals surface area contributed by atoms with Gasteiger partial charge in [-0.05, 0) is 6.92 Å². The summed E-state index contributed by atoms with van der Waals surface area (Å²) in [6.45, 7) is 1.76. The van der Waals surface area contributed by atoms with Crippen LogP contribution in [-0.4, -0.2) is 16.7 Å². The van der Waals surface area contributed by atoms with E-state index in [4.69, 9.17) is 11.5 Å². The SMILES string of the molecule is CC(N)(S)C(N)CS. The average Bonchev–Trinajstić information content (AvgIpc) is 1.62. The summed E-state index contributed by atoms with van der Waals surface area (Å²) < 4.78 is 0. The van der Waals surface area contributed by atoms with Gasteiger partial charge in [-0.1, -0.05) is 0 Å². The van der Waals surface area contributed by atoms with Crippen LogP contribution in [0.25, 0.3) is 0 Å². The van der Waals surface area contributed by atoms with Gasteiger partial charge in [0.1, 0.15) is 0 Å². The topological polar surface area (TPSA) is 52.0 Å². The maximum absolute atomic E-state index is 5.48. The average molecular weight is 152 g/mol. The van der Waals surface area contributed by atoms with E-state index in [2.05, 4.69) is 25.3 Å². The molecule has 50 valence electrons. The highest BCUT2D eigenvalue weighted by atomic mass is 32.1. The Hall–Kier alpha value is 0.620. The summed E-state index contributed by atoms with van der Waals surface area (Å²) in [5, 5.41) is 0. The molecule has 2 unspecified atom stereocenters. The van der Waals surface area contributed by atoms with E-state index in [1.807, 2.05) is 0 Å². The van der Waals surface area contributed by atoms with Crippen molar-refractivity contribution in [2.45, 2.75) is 17.8 Å². The van der Waals surface area contributed by atoms with E-state index in [-0.39, 0.29) is 6.04 Å². The Morgan fingerprint density at radius 3 is 2.12 bits per heavy atom. The fourth-order valence-corrected chi connectivity index (χ4v) is 0.799. The molecule has 4 heteroatoms. The van der Waals surface area contributed by atoms with Crippen LogP contribution in [0, 0.1) is 0 Å². The van der Waals surface area contributed by atoms with E-state index in [9.17, 15) is 0 Å². The zero-order valence-corrected chi connectivity index (χ0v) is 6.62. The second-order valence-electron chi connectivity index (χ2n) is 2.01.